The number of aromatic nitrogens is 3. The van der Waals surface area contributed by atoms with Crippen LogP contribution in [-0.4, -0.2) is 32.1 Å². The SMILES string of the molecule is CCCCCCCCN1C=CC=C/C1=c1/nc2c(nc1-c1ccccn1)=C([N]C#N)c1ccccc1C2=NC#N. The van der Waals surface area contributed by atoms with Gasteiger partial charge >= 0.3 is 0 Å². The summed E-state index contributed by atoms with van der Waals surface area (Å²) in [6.07, 6.45) is 20.9. The standard InChI is InChI=1S/C32H29N8/c1-2-3-4-5-6-12-19-40-20-13-10-17-26(40)30-29(25-16-9-11-18-35-25)38-31-27(36-21-33)23-14-7-8-15-24(23)28(37-22-34)32(31)39-30/h7-11,13-18,20H,2-6,12,19H2,1H3/b30-26-,37-28?. The summed E-state index contributed by atoms with van der Waals surface area (Å²) in [4.78, 5) is 21.1. The normalized spacial score (nSPS) is 15.8. The van der Waals surface area contributed by atoms with Gasteiger partial charge in [-0.2, -0.15) is 20.8 Å². The fourth-order valence-corrected chi connectivity index (χ4v) is 5.05. The van der Waals surface area contributed by atoms with E-state index < -0.39 is 0 Å². The summed E-state index contributed by atoms with van der Waals surface area (Å²) in [5.41, 5.74) is 4.70. The van der Waals surface area contributed by atoms with Crippen LogP contribution in [0.1, 0.15) is 62.3 Å². The van der Waals surface area contributed by atoms with Gasteiger partial charge in [0.1, 0.15) is 33.5 Å². The lowest BCUT2D eigenvalue weighted by atomic mass is 9.92. The molecule has 1 radical (unpaired) electrons. The summed E-state index contributed by atoms with van der Waals surface area (Å²) in [6.45, 7) is 3.07. The van der Waals surface area contributed by atoms with Gasteiger partial charge in [-0.3, -0.25) is 4.98 Å². The van der Waals surface area contributed by atoms with E-state index in [1.165, 1.54) is 25.7 Å². The third kappa shape index (κ3) is 5.39. The molecule has 0 atom stereocenters. The van der Waals surface area contributed by atoms with Gasteiger partial charge in [0.25, 0.3) is 0 Å². The van der Waals surface area contributed by atoms with Crippen LogP contribution in [0.15, 0.2) is 78.1 Å². The van der Waals surface area contributed by atoms with E-state index in [0.29, 0.717) is 50.3 Å². The zero-order valence-corrected chi connectivity index (χ0v) is 22.5. The van der Waals surface area contributed by atoms with Gasteiger partial charge in [0.15, 0.2) is 0 Å². The Morgan fingerprint density at radius 1 is 0.825 bits per heavy atom. The largest absolute Gasteiger partial charge is 0.346 e. The maximum Gasteiger partial charge on any atom is 0.206 e. The van der Waals surface area contributed by atoms with Gasteiger partial charge in [0.2, 0.25) is 12.4 Å². The number of hydrogen-bond acceptors (Lipinski definition) is 7. The van der Waals surface area contributed by atoms with Gasteiger partial charge in [0, 0.05) is 30.1 Å². The lowest BCUT2D eigenvalue weighted by Crippen LogP contribution is -2.39. The molecule has 2 aromatic heterocycles. The number of nitrogens with zero attached hydrogens (tertiary/aromatic N) is 8. The molecule has 1 aromatic carbocycles. The zero-order chi connectivity index (χ0) is 27.7. The number of fused-ring (bicyclic) bond motifs is 2. The Morgan fingerprint density at radius 2 is 1.60 bits per heavy atom. The molecule has 3 aromatic rings. The summed E-state index contributed by atoms with van der Waals surface area (Å²) in [5.74, 6) is 0. The van der Waals surface area contributed by atoms with Crippen LogP contribution in [0.2, 0.25) is 0 Å². The number of allylic oxidation sites excluding steroid dienone is 2. The van der Waals surface area contributed by atoms with E-state index in [0.717, 1.165) is 25.1 Å². The number of rotatable bonds is 9. The Morgan fingerprint density at radius 3 is 2.38 bits per heavy atom. The highest BCUT2D eigenvalue weighted by Gasteiger charge is 2.28. The molecule has 40 heavy (non-hydrogen) atoms. The van der Waals surface area contributed by atoms with Crippen LogP contribution < -0.4 is 16.0 Å². The van der Waals surface area contributed by atoms with E-state index in [2.05, 4.69) is 33.3 Å². The van der Waals surface area contributed by atoms with Crippen molar-refractivity contribution in [1.82, 2.24) is 25.2 Å². The van der Waals surface area contributed by atoms with E-state index in [9.17, 15) is 10.5 Å². The van der Waals surface area contributed by atoms with Crippen molar-refractivity contribution in [2.75, 3.05) is 6.54 Å². The molecule has 8 heteroatoms. The Balaban J connectivity index is 1.75. The zero-order valence-electron chi connectivity index (χ0n) is 22.5. The van der Waals surface area contributed by atoms with Crippen molar-refractivity contribution >= 4 is 17.1 Å². The second-order valence-electron chi connectivity index (χ2n) is 9.55. The van der Waals surface area contributed by atoms with Gasteiger partial charge in [0.05, 0.1) is 11.4 Å². The van der Waals surface area contributed by atoms with Crippen molar-refractivity contribution in [3.05, 3.63) is 101 Å². The van der Waals surface area contributed by atoms with Crippen LogP contribution in [0.25, 0.3) is 22.8 Å². The van der Waals surface area contributed by atoms with E-state index in [1.807, 2.05) is 73.1 Å². The van der Waals surface area contributed by atoms with Crippen LogP contribution >= 0.6 is 0 Å². The topological polar surface area (TPSA) is 116 Å². The molecular formula is C32H29N8. The predicted octanol–water partition coefficient (Wildman–Crippen LogP) is 4.27. The predicted molar refractivity (Wildman–Crippen MR) is 154 cm³/mol. The Kier molecular flexibility index (Phi) is 8.38. The molecule has 0 N–H and O–H groups in total. The first-order valence-corrected chi connectivity index (χ1v) is 13.6. The first kappa shape index (κ1) is 26.5. The molecule has 3 heterocycles. The van der Waals surface area contributed by atoms with Gasteiger partial charge in [-0.1, -0.05) is 75.4 Å². The molecule has 5 rings (SSSR count). The Hall–Kier alpha value is -5.08. The Labute approximate surface area is 234 Å². The van der Waals surface area contributed by atoms with Gasteiger partial charge in [-0.05, 0) is 30.7 Å². The van der Waals surface area contributed by atoms with Crippen molar-refractivity contribution in [2.45, 2.75) is 45.4 Å². The van der Waals surface area contributed by atoms with E-state index in [-0.39, 0.29) is 0 Å². The highest BCUT2D eigenvalue weighted by atomic mass is 15.1. The molecule has 0 amide bonds. The highest BCUT2D eigenvalue weighted by molar-refractivity contribution is 6.16. The third-order valence-corrected chi connectivity index (χ3v) is 6.95. The summed E-state index contributed by atoms with van der Waals surface area (Å²) in [5, 5.41) is 24.3. The minimum Gasteiger partial charge on any atom is -0.346 e. The molecule has 197 valence electrons. The van der Waals surface area contributed by atoms with Crippen molar-refractivity contribution in [3.8, 4) is 23.8 Å². The molecule has 0 fully saturated rings. The highest BCUT2D eigenvalue weighted by Crippen LogP contribution is 2.24. The number of nitriles is 2. The third-order valence-electron chi connectivity index (χ3n) is 6.95. The first-order valence-electron chi connectivity index (χ1n) is 13.6. The number of unbranched alkanes of at least 4 members (excludes halogenated alkanes) is 5. The molecule has 0 saturated heterocycles. The van der Waals surface area contributed by atoms with Crippen LogP contribution in [0, 0.1) is 22.9 Å². The second-order valence-corrected chi connectivity index (χ2v) is 9.55. The smallest absolute Gasteiger partial charge is 0.206 e. The van der Waals surface area contributed by atoms with E-state index in [4.69, 9.17) is 9.97 Å². The fraction of sp³-hybridized carbons (Fsp3) is 0.250. The number of pyridine rings is 1. The van der Waals surface area contributed by atoms with E-state index in [1.54, 1.807) is 6.20 Å². The van der Waals surface area contributed by atoms with Gasteiger partial charge in [-0.25, -0.2) is 9.97 Å². The van der Waals surface area contributed by atoms with Crippen molar-refractivity contribution < 1.29 is 0 Å². The lowest BCUT2D eigenvalue weighted by Gasteiger charge is -2.25. The molecule has 0 bridgehead atoms. The molecule has 0 saturated carbocycles. The molecule has 0 unspecified atom stereocenters. The average Bonchev–Trinajstić information content (AvgIpc) is 3.00. The molecule has 2 aliphatic rings. The van der Waals surface area contributed by atoms with Gasteiger partial charge < -0.3 is 4.90 Å². The molecule has 1 aliphatic heterocycles. The number of hydrogen-bond donors (Lipinski definition) is 0. The maximum atomic E-state index is 9.59. The van der Waals surface area contributed by atoms with Crippen LogP contribution in [0.3, 0.4) is 0 Å². The van der Waals surface area contributed by atoms with Gasteiger partial charge in [-0.15, -0.1) is 0 Å². The monoisotopic (exact) mass is 525 g/mol. The molecule has 8 nitrogen and oxygen atoms in total. The van der Waals surface area contributed by atoms with Crippen molar-refractivity contribution in [2.24, 2.45) is 4.99 Å². The van der Waals surface area contributed by atoms with Crippen molar-refractivity contribution in [3.63, 3.8) is 0 Å². The molecule has 0 spiro atoms. The van der Waals surface area contributed by atoms with Crippen LogP contribution in [-0.2, 0) is 0 Å². The maximum absolute atomic E-state index is 9.59. The first-order chi connectivity index (χ1) is 19.8. The average molecular weight is 526 g/mol. The van der Waals surface area contributed by atoms with E-state index >= 15 is 0 Å². The number of benzene rings is 1. The summed E-state index contributed by atoms with van der Waals surface area (Å²) in [6, 6.07) is 13.1. The lowest BCUT2D eigenvalue weighted by molar-refractivity contribution is 0.481. The van der Waals surface area contributed by atoms with Crippen LogP contribution in [0.5, 0.6) is 0 Å². The minimum absolute atomic E-state index is 0.397. The molecular weight excluding hydrogens is 496 g/mol. The molecule has 1 aliphatic carbocycles. The minimum atomic E-state index is 0.397. The Bertz CT molecular complexity index is 1690. The van der Waals surface area contributed by atoms with Crippen molar-refractivity contribution in [1.29, 1.82) is 10.5 Å². The quantitative estimate of drug-likeness (QED) is 0.304. The summed E-state index contributed by atoms with van der Waals surface area (Å²) >= 11 is 0. The summed E-state index contributed by atoms with van der Waals surface area (Å²) < 4.78 is 0. The fourth-order valence-electron chi connectivity index (χ4n) is 5.05. The van der Waals surface area contributed by atoms with Crippen LogP contribution in [0.4, 0.5) is 0 Å². The summed E-state index contributed by atoms with van der Waals surface area (Å²) in [7, 11) is 0. The second kappa shape index (κ2) is 12.6. The number of aliphatic imine (C=N–C) groups is 1.